The van der Waals surface area contributed by atoms with Crippen LogP contribution in [0.4, 0.5) is 0 Å². The lowest BCUT2D eigenvalue weighted by Gasteiger charge is -2.15. The molecule has 1 aromatic rings. The van der Waals surface area contributed by atoms with Crippen molar-refractivity contribution in [3.8, 4) is 0 Å². The fraction of sp³-hybridized carbons (Fsp3) is 0.125. The van der Waals surface area contributed by atoms with Gasteiger partial charge in [-0.2, -0.15) is 0 Å². The van der Waals surface area contributed by atoms with Gasteiger partial charge in [0, 0.05) is 5.56 Å². The van der Waals surface area contributed by atoms with Crippen molar-refractivity contribution in [1.29, 1.82) is 0 Å². The molecule has 0 unspecified atom stereocenters. The predicted octanol–water partition coefficient (Wildman–Crippen LogP) is 0.0706. The van der Waals surface area contributed by atoms with Crippen LogP contribution >= 0.6 is 0 Å². The summed E-state index contributed by atoms with van der Waals surface area (Å²) in [7, 11) is 0. The number of carbonyl (C=O) groups is 1. The lowest BCUT2D eigenvalue weighted by Crippen LogP contribution is -2.34. The summed E-state index contributed by atoms with van der Waals surface area (Å²) in [6.07, 6.45) is 0. The highest BCUT2D eigenvalue weighted by Gasteiger charge is 2.34. The Kier molecular flexibility index (Phi) is 3.55. The van der Waals surface area contributed by atoms with E-state index in [1.807, 2.05) is 0 Å². The van der Waals surface area contributed by atoms with Gasteiger partial charge in [-0.15, -0.1) is 0 Å². The van der Waals surface area contributed by atoms with Gasteiger partial charge in [0.05, 0.1) is 0 Å². The van der Waals surface area contributed by atoms with Crippen LogP contribution in [0.15, 0.2) is 30.3 Å². The van der Waals surface area contributed by atoms with Crippen LogP contribution in [0, 0.1) is 0 Å². The largest absolute Gasteiger partial charge is 0.477 e. The molecule has 72 valence electrons. The molecule has 1 rings (SSSR count). The first-order valence-electron chi connectivity index (χ1n) is 3.29. The molecule has 0 heterocycles. The second kappa shape index (κ2) is 3.99. The molecule has 0 amide bonds. The first-order valence-corrected chi connectivity index (χ1v) is 3.29. The molecule has 0 radical (unpaired) electrons. The molecule has 0 aliphatic carbocycles. The highest BCUT2D eigenvalue weighted by molar-refractivity contribution is 5.76. The first-order chi connectivity index (χ1) is 5.55. The maximum atomic E-state index is 10.3. The molecule has 5 heteroatoms. The Morgan fingerprint density at radius 1 is 1.15 bits per heavy atom. The number of aliphatic carboxylic acids is 1. The van der Waals surface area contributed by atoms with Gasteiger partial charge in [-0.25, -0.2) is 4.79 Å². The Labute approximate surface area is 74.8 Å². The van der Waals surface area contributed by atoms with Crippen LogP contribution in [0.3, 0.4) is 0 Å². The second-order valence-corrected chi connectivity index (χ2v) is 2.34. The van der Waals surface area contributed by atoms with Gasteiger partial charge in [-0.05, 0) is 0 Å². The van der Waals surface area contributed by atoms with Gasteiger partial charge in [-0.1, -0.05) is 30.3 Å². The lowest BCUT2D eigenvalue weighted by atomic mass is 10.1. The van der Waals surface area contributed by atoms with E-state index in [2.05, 4.69) is 0 Å². The molecule has 0 saturated carbocycles. The quantitative estimate of drug-likeness (QED) is 0.487. The summed E-state index contributed by atoms with van der Waals surface area (Å²) in [4.78, 5) is 10.3. The molecule has 1 aromatic carbocycles. The van der Waals surface area contributed by atoms with E-state index in [0.29, 0.717) is 0 Å². The van der Waals surface area contributed by atoms with Gasteiger partial charge in [0.2, 0.25) is 0 Å². The molecule has 0 bridgehead atoms. The third-order valence-electron chi connectivity index (χ3n) is 1.47. The van der Waals surface area contributed by atoms with Crippen molar-refractivity contribution in [2.45, 2.75) is 5.79 Å². The molecule has 0 aliphatic rings. The molecule has 0 spiro atoms. The van der Waals surface area contributed by atoms with Gasteiger partial charge in [0.15, 0.2) is 0 Å². The minimum absolute atomic E-state index is 0. The van der Waals surface area contributed by atoms with Crippen molar-refractivity contribution in [2.24, 2.45) is 0 Å². The van der Waals surface area contributed by atoms with E-state index in [1.54, 1.807) is 6.07 Å². The molecular weight excluding hydrogens is 174 g/mol. The van der Waals surface area contributed by atoms with E-state index < -0.39 is 11.8 Å². The standard InChI is InChI=1S/C8H8O4.H3N/c9-7(10)8(11,12)6-4-2-1-3-5-6;/h1-5,11-12H,(H,9,10);1H3. The summed E-state index contributed by atoms with van der Waals surface area (Å²) in [6, 6.07) is 7.36. The maximum Gasteiger partial charge on any atom is 0.369 e. The third kappa shape index (κ3) is 2.25. The van der Waals surface area contributed by atoms with E-state index in [1.165, 1.54) is 24.3 Å². The summed E-state index contributed by atoms with van der Waals surface area (Å²) in [5.41, 5.74) is -0.0579. The predicted molar refractivity (Wildman–Crippen MR) is 45.2 cm³/mol. The SMILES string of the molecule is N.O=C(O)C(O)(O)c1ccccc1. The normalized spacial score (nSPS) is 10.3. The zero-order valence-electron chi connectivity index (χ0n) is 6.84. The maximum absolute atomic E-state index is 10.3. The van der Waals surface area contributed by atoms with Crippen molar-refractivity contribution in [3.05, 3.63) is 35.9 Å². The molecule has 0 aliphatic heterocycles. The van der Waals surface area contributed by atoms with Crippen LogP contribution in [0.5, 0.6) is 0 Å². The van der Waals surface area contributed by atoms with E-state index in [4.69, 9.17) is 15.3 Å². The number of aliphatic hydroxyl groups is 2. The zero-order valence-corrected chi connectivity index (χ0v) is 6.84. The topological polar surface area (TPSA) is 113 Å². The van der Waals surface area contributed by atoms with E-state index in [9.17, 15) is 4.79 Å². The minimum Gasteiger partial charge on any atom is -0.477 e. The molecule has 0 saturated heterocycles. The molecule has 0 aromatic heterocycles. The summed E-state index contributed by atoms with van der Waals surface area (Å²) in [5.74, 6) is -4.48. The summed E-state index contributed by atoms with van der Waals surface area (Å²) in [5, 5.41) is 26.4. The van der Waals surface area contributed by atoms with E-state index in [0.717, 1.165) is 0 Å². The Bertz CT molecular complexity index is 283. The second-order valence-electron chi connectivity index (χ2n) is 2.34. The zero-order chi connectivity index (χ0) is 9.19. The van der Waals surface area contributed by atoms with Gasteiger partial charge in [0.1, 0.15) is 0 Å². The highest BCUT2D eigenvalue weighted by atomic mass is 16.5. The highest BCUT2D eigenvalue weighted by Crippen LogP contribution is 2.16. The van der Waals surface area contributed by atoms with Crippen LogP contribution in [-0.2, 0) is 10.6 Å². The molecule has 5 nitrogen and oxygen atoms in total. The summed E-state index contributed by atoms with van der Waals surface area (Å²) < 4.78 is 0. The Morgan fingerprint density at radius 3 is 2.00 bits per heavy atom. The van der Waals surface area contributed by atoms with Crippen molar-refractivity contribution < 1.29 is 20.1 Å². The van der Waals surface area contributed by atoms with Crippen molar-refractivity contribution in [1.82, 2.24) is 6.15 Å². The van der Waals surface area contributed by atoms with Gasteiger partial charge in [-0.3, -0.25) is 0 Å². The number of benzene rings is 1. The fourth-order valence-corrected chi connectivity index (χ4v) is 0.794. The van der Waals surface area contributed by atoms with Crippen LogP contribution in [0.1, 0.15) is 5.56 Å². The molecule has 6 N–H and O–H groups in total. The third-order valence-corrected chi connectivity index (χ3v) is 1.47. The van der Waals surface area contributed by atoms with Gasteiger partial charge < -0.3 is 21.5 Å². The number of carboxylic acid groups (broad SMARTS) is 1. The van der Waals surface area contributed by atoms with Gasteiger partial charge >= 0.3 is 5.97 Å². The van der Waals surface area contributed by atoms with Crippen LogP contribution in [0.2, 0.25) is 0 Å². The van der Waals surface area contributed by atoms with Crippen molar-refractivity contribution in [2.75, 3.05) is 0 Å². The summed E-state index contributed by atoms with van der Waals surface area (Å²) in [6.45, 7) is 0. The van der Waals surface area contributed by atoms with Gasteiger partial charge in [0.25, 0.3) is 5.79 Å². The monoisotopic (exact) mass is 185 g/mol. The lowest BCUT2D eigenvalue weighted by molar-refractivity contribution is -0.208. The molecule has 13 heavy (non-hydrogen) atoms. The van der Waals surface area contributed by atoms with Crippen LogP contribution in [0.25, 0.3) is 0 Å². The molecular formula is C8H11NO4. The summed E-state index contributed by atoms with van der Waals surface area (Å²) >= 11 is 0. The molecule has 0 fully saturated rings. The van der Waals surface area contributed by atoms with Crippen molar-refractivity contribution >= 4 is 5.97 Å². The Hall–Kier alpha value is -1.43. The fourth-order valence-electron chi connectivity index (χ4n) is 0.794. The van der Waals surface area contributed by atoms with E-state index in [-0.39, 0.29) is 11.7 Å². The number of hydrogen-bond donors (Lipinski definition) is 4. The average Bonchev–Trinajstić information content (AvgIpc) is 2.06. The Morgan fingerprint density at radius 2 is 1.62 bits per heavy atom. The first kappa shape index (κ1) is 11.6. The number of carboxylic acids is 1. The Balaban J connectivity index is 0.00000144. The number of rotatable bonds is 2. The van der Waals surface area contributed by atoms with Crippen LogP contribution < -0.4 is 6.15 Å². The van der Waals surface area contributed by atoms with Crippen LogP contribution in [-0.4, -0.2) is 21.3 Å². The average molecular weight is 185 g/mol. The minimum atomic E-state index is -2.79. The van der Waals surface area contributed by atoms with Crippen molar-refractivity contribution in [3.63, 3.8) is 0 Å². The number of hydrogen-bond acceptors (Lipinski definition) is 4. The molecule has 0 atom stereocenters. The smallest absolute Gasteiger partial charge is 0.369 e. The van der Waals surface area contributed by atoms with E-state index >= 15 is 0 Å².